The van der Waals surface area contributed by atoms with Crippen LogP contribution in [-0.4, -0.2) is 40.8 Å². The molecular weight excluding hydrogens is 316 g/mol. The van der Waals surface area contributed by atoms with Gasteiger partial charge in [0.15, 0.2) is 0 Å². The van der Waals surface area contributed by atoms with E-state index in [1.807, 2.05) is 25.5 Å². The van der Waals surface area contributed by atoms with Crippen molar-refractivity contribution in [1.82, 2.24) is 25.4 Å². The number of rotatable bonds is 6. The van der Waals surface area contributed by atoms with Crippen molar-refractivity contribution < 1.29 is 4.79 Å². The zero-order valence-corrected chi connectivity index (χ0v) is 14.9. The predicted octanol–water partition coefficient (Wildman–Crippen LogP) is 1.38. The lowest BCUT2D eigenvalue weighted by atomic mass is 10.1. The summed E-state index contributed by atoms with van der Waals surface area (Å²) >= 11 is 0. The number of nitrogens with zero attached hydrogens (tertiary/aromatic N) is 4. The van der Waals surface area contributed by atoms with Crippen molar-refractivity contribution in [3.63, 3.8) is 0 Å². The number of piperidine rings is 1. The molecule has 2 aromatic heterocycles. The first-order valence-electron chi connectivity index (χ1n) is 8.81. The molecular formula is C18H26N6O. The predicted molar refractivity (Wildman–Crippen MR) is 97.2 cm³/mol. The van der Waals surface area contributed by atoms with E-state index in [0.717, 1.165) is 30.0 Å². The van der Waals surface area contributed by atoms with Crippen LogP contribution in [0, 0.1) is 0 Å². The van der Waals surface area contributed by atoms with Crippen molar-refractivity contribution in [2.75, 3.05) is 25.0 Å². The van der Waals surface area contributed by atoms with Crippen LogP contribution in [0.4, 0.5) is 5.82 Å². The molecule has 0 aromatic carbocycles. The smallest absolute Gasteiger partial charge is 0.242 e. The Hall–Kier alpha value is -2.41. The first-order valence-corrected chi connectivity index (χ1v) is 8.81. The quantitative estimate of drug-likeness (QED) is 0.830. The average molecular weight is 342 g/mol. The van der Waals surface area contributed by atoms with Gasteiger partial charge in [-0.1, -0.05) is 0 Å². The van der Waals surface area contributed by atoms with Gasteiger partial charge in [-0.3, -0.25) is 9.48 Å². The lowest BCUT2D eigenvalue weighted by Crippen LogP contribution is -2.35. The number of likely N-dealkylation sites (N-methyl/N-ethyl adjacent to an activating group) is 1. The van der Waals surface area contributed by atoms with Crippen LogP contribution in [-0.2, 0) is 18.4 Å². The molecule has 0 spiro atoms. The molecule has 0 saturated carbocycles. The number of hydrogen-bond donors (Lipinski definition) is 2. The fraction of sp³-hybridized carbons (Fsp3) is 0.500. The molecule has 1 amide bonds. The van der Waals surface area contributed by atoms with Crippen LogP contribution in [0.25, 0.3) is 0 Å². The average Bonchev–Trinajstić information content (AvgIpc) is 3.07. The largest absolute Gasteiger partial charge is 0.357 e. The van der Waals surface area contributed by atoms with E-state index in [4.69, 9.17) is 0 Å². The van der Waals surface area contributed by atoms with Gasteiger partial charge < -0.3 is 15.5 Å². The Morgan fingerprint density at radius 1 is 1.32 bits per heavy atom. The second-order valence-corrected chi connectivity index (χ2v) is 6.46. The van der Waals surface area contributed by atoms with Crippen molar-refractivity contribution in [3.8, 4) is 0 Å². The van der Waals surface area contributed by atoms with E-state index >= 15 is 0 Å². The molecule has 2 N–H and O–H groups in total. The Balaban J connectivity index is 1.61. The monoisotopic (exact) mass is 342 g/mol. The van der Waals surface area contributed by atoms with E-state index in [9.17, 15) is 4.79 Å². The highest BCUT2D eigenvalue weighted by Crippen LogP contribution is 2.18. The normalized spacial score (nSPS) is 15.8. The number of amides is 1. The highest BCUT2D eigenvalue weighted by molar-refractivity contribution is 5.83. The fourth-order valence-corrected chi connectivity index (χ4v) is 3.20. The molecule has 1 aliphatic heterocycles. The molecule has 2 aromatic rings. The summed E-state index contributed by atoms with van der Waals surface area (Å²) in [7, 11) is 3.62. The van der Waals surface area contributed by atoms with Crippen LogP contribution in [0.2, 0.25) is 0 Å². The van der Waals surface area contributed by atoms with E-state index in [1.165, 1.54) is 19.3 Å². The SMILES string of the molecule is CNC(C(=O)NCc1ccnc(N2CCCCC2)c1)c1cnn(C)c1. The van der Waals surface area contributed by atoms with Crippen molar-refractivity contribution >= 4 is 11.7 Å². The molecule has 25 heavy (non-hydrogen) atoms. The molecule has 3 rings (SSSR count). The van der Waals surface area contributed by atoms with Gasteiger partial charge in [-0.25, -0.2) is 4.98 Å². The summed E-state index contributed by atoms with van der Waals surface area (Å²) in [5, 5.41) is 10.2. The number of pyridine rings is 1. The Bertz CT molecular complexity index is 707. The number of aryl methyl sites for hydroxylation is 1. The molecule has 0 bridgehead atoms. The minimum atomic E-state index is -0.405. The number of anilines is 1. The van der Waals surface area contributed by atoms with Gasteiger partial charge in [0, 0.05) is 44.6 Å². The molecule has 1 fully saturated rings. The van der Waals surface area contributed by atoms with Crippen LogP contribution in [0.15, 0.2) is 30.7 Å². The second-order valence-electron chi connectivity index (χ2n) is 6.46. The summed E-state index contributed by atoms with van der Waals surface area (Å²) in [4.78, 5) is 19.3. The maximum atomic E-state index is 12.5. The first-order chi connectivity index (χ1) is 12.2. The molecule has 1 saturated heterocycles. The van der Waals surface area contributed by atoms with Crippen LogP contribution < -0.4 is 15.5 Å². The molecule has 7 heteroatoms. The Kier molecular flexibility index (Phi) is 5.65. The lowest BCUT2D eigenvalue weighted by molar-refractivity contribution is -0.123. The van der Waals surface area contributed by atoms with Gasteiger partial charge in [0.05, 0.1) is 6.20 Å². The van der Waals surface area contributed by atoms with E-state index in [2.05, 4.69) is 31.7 Å². The first kappa shape index (κ1) is 17.4. The topological polar surface area (TPSA) is 75.1 Å². The molecule has 3 heterocycles. The minimum Gasteiger partial charge on any atom is -0.357 e. The molecule has 0 radical (unpaired) electrons. The third-order valence-corrected chi connectivity index (χ3v) is 4.57. The molecule has 1 atom stereocenters. The van der Waals surface area contributed by atoms with Gasteiger partial charge in [-0.05, 0) is 44.0 Å². The second kappa shape index (κ2) is 8.11. The highest BCUT2D eigenvalue weighted by Gasteiger charge is 2.20. The Morgan fingerprint density at radius 3 is 2.80 bits per heavy atom. The van der Waals surface area contributed by atoms with E-state index in [1.54, 1.807) is 17.9 Å². The van der Waals surface area contributed by atoms with Gasteiger partial charge in [0.25, 0.3) is 0 Å². The summed E-state index contributed by atoms with van der Waals surface area (Å²) in [5.41, 5.74) is 1.91. The van der Waals surface area contributed by atoms with E-state index < -0.39 is 6.04 Å². The van der Waals surface area contributed by atoms with Gasteiger partial charge >= 0.3 is 0 Å². The Morgan fingerprint density at radius 2 is 2.12 bits per heavy atom. The van der Waals surface area contributed by atoms with Gasteiger partial charge in [0.1, 0.15) is 11.9 Å². The number of nitrogens with one attached hydrogen (secondary N) is 2. The fourth-order valence-electron chi connectivity index (χ4n) is 3.20. The van der Waals surface area contributed by atoms with Crippen molar-refractivity contribution in [2.24, 2.45) is 7.05 Å². The minimum absolute atomic E-state index is 0.0631. The summed E-state index contributed by atoms with van der Waals surface area (Å²) in [6.45, 7) is 2.61. The highest BCUT2D eigenvalue weighted by atomic mass is 16.2. The zero-order chi connectivity index (χ0) is 17.6. The number of aromatic nitrogens is 3. The van der Waals surface area contributed by atoms with Gasteiger partial charge in [-0.15, -0.1) is 0 Å². The summed E-state index contributed by atoms with van der Waals surface area (Å²) in [5.74, 6) is 0.940. The summed E-state index contributed by atoms with van der Waals surface area (Å²) in [6.07, 6.45) is 9.12. The number of hydrogen-bond acceptors (Lipinski definition) is 5. The molecule has 134 valence electrons. The van der Waals surface area contributed by atoms with E-state index in [-0.39, 0.29) is 5.91 Å². The maximum absolute atomic E-state index is 12.5. The van der Waals surface area contributed by atoms with Crippen LogP contribution in [0.1, 0.15) is 36.4 Å². The van der Waals surface area contributed by atoms with Crippen LogP contribution in [0.3, 0.4) is 0 Å². The third kappa shape index (κ3) is 4.36. The maximum Gasteiger partial charge on any atom is 0.242 e. The summed E-state index contributed by atoms with van der Waals surface area (Å²) < 4.78 is 1.70. The van der Waals surface area contributed by atoms with E-state index in [0.29, 0.717) is 6.54 Å². The Labute approximate surface area is 148 Å². The van der Waals surface area contributed by atoms with Gasteiger partial charge in [0.2, 0.25) is 5.91 Å². The van der Waals surface area contributed by atoms with Crippen molar-refractivity contribution in [1.29, 1.82) is 0 Å². The summed E-state index contributed by atoms with van der Waals surface area (Å²) in [6, 6.07) is 3.62. The third-order valence-electron chi connectivity index (χ3n) is 4.57. The molecule has 1 unspecified atom stereocenters. The lowest BCUT2D eigenvalue weighted by Gasteiger charge is -2.28. The van der Waals surface area contributed by atoms with Gasteiger partial charge in [-0.2, -0.15) is 5.10 Å². The molecule has 1 aliphatic rings. The van der Waals surface area contributed by atoms with Crippen LogP contribution in [0.5, 0.6) is 0 Å². The number of carbonyl (C=O) groups is 1. The number of carbonyl (C=O) groups excluding carboxylic acids is 1. The molecule has 0 aliphatic carbocycles. The van der Waals surface area contributed by atoms with Crippen molar-refractivity contribution in [3.05, 3.63) is 41.9 Å². The van der Waals surface area contributed by atoms with Crippen LogP contribution >= 0.6 is 0 Å². The van der Waals surface area contributed by atoms with Crippen molar-refractivity contribution in [2.45, 2.75) is 31.8 Å². The molecule has 7 nitrogen and oxygen atoms in total. The standard InChI is InChI=1S/C18H26N6O/c1-19-17(15-12-22-23(2)13-15)18(25)21-11-14-6-7-20-16(10-14)24-8-4-3-5-9-24/h6-7,10,12-13,17,19H,3-5,8-9,11H2,1-2H3,(H,21,25). The zero-order valence-electron chi connectivity index (χ0n) is 14.9.